The molecular formula is C13H18O3. The minimum atomic E-state index is -0.815. The zero-order valence-corrected chi connectivity index (χ0v) is 9.77. The van der Waals surface area contributed by atoms with Crippen molar-refractivity contribution >= 4 is 0 Å². The van der Waals surface area contributed by atoms with Gasteiger partial charge in [0.1, 0.15) is 5.75 Å². The number of ether oxygens (including phenoxy) is 2. The van der Waals surface area contributed by atoms with Crippen LogP contribution in [0.15, 0.2) is 24.3 Å². The maximum absolute atomic E-state index is 10.7. The highest BCUT2D eigenvalue weighted by atomic mass is 16.5. The largest absolute Gasteiger partial charge is 0.496 e. The topological polar surface area (TPSA) is 38.7 Å². The van der Waals surface area contributed by atoms with E-state index >= 15 is 0 Å². The normalized spacial score (nSPS) is 30.1. The Bertz CT molecular complexity index is 364. The summed E-state index contributed by atoms with van der Waals surface area (Å²) in [5.74, 6) is 0.749. The predicted molar refractivity (Wildman–Crippen MR) is 61.5 cm³/mol. The Balaban J connectivity index is 2.34. The number of methoxy groups -OCH3 is 1. The van der Waals surface area contributed by atoms with Crippen LogP contribution < -0.4 is 4.74 Å². The first-order chi connectivity index (χ1) is 7.65. The summed E-state index contributed by atoms with van der Waals surface area (Å²) in [7, 11) is 1.63. The molecule has 3 heteroatoms. The lowest BCUT2D eigenvalue weighted by Gasteiger charge is -2.36. The van der Waals surface area contributed by atoms with Crippen molar-refractivity contribution in [3.8, 4) is 5.75 Å². The van der Waals surface area contributed by atoms with E-state index in [1.165, 1.54) is 0 Å². The van der Waals surface area contributed by atoms with Gasteiger partial charge in [0, 0.05) is 18.4 Å². The van der Waals surface area contributed by atoms with Crippen LogP contribution in [0.25, 0.3) is 0 Å². The van der Waals surface area contributed by atoms with Gasteiger partial charge < -0.3 is 14.6 Å². The van der Waals surface area contributed by atoms with Gasteiger partial charge in [-0.05, 0) is 13.0 Å². The van der Waals surface area contributed by atoms with Gasteiger partial charge in [-0.1, -0.05) is 18.2 Å². The molecule has 2 unspecified atom stereocenters. The highest BCUT2D eigenvalue weighted by Gasteiger charge is 2.36. The van der Waals surface area contributed by atoms with E-state index in [-0.39, 0.29) is 6.10 Å². The molecule has 2 atom stereocenters. The summed E-state index contributed by atoms with van der Waals surface area (Å²) >= 11 is 0. The summed E-state index contributed by atoms with van der Waals surface area (Å²) in [6.45, 7) is 2.58. The van der Waals surface area contributed by atoms with Crippen molar-refractivity contribution in [1.82, 2.24) is 0 Å². The lowest BCUT2D eigenvalue weighted by atomic mass is 9.83. The summed E-state index contributed by atoms with van der Waals surface area (Å²) < 4.78 is 10.8. The Morgan fingerprint density at radius 2 is 2.19 bits per heavy atom. The molecule has 1 fully saturated rings. The average molecular weight is 222 g/mol. The quantitative estimate of drug-likeness (QED) is 0.832. The van der Waals surface area contributed by atoms with Gasteiger partial charge in [0.25, 0.3) is 0 Å². The first-order valence-corrected chi connectivity index (χ1v) is 5.63. The van der Waals surface area contributed by atoms with Crippen LogP contribution in [0.2, 0.25) is 0 Å². The van der Waals surface area contributed by atoms with E-state index in [1.807, 2.05) is 31.2 Å². The van der Waals surface area contributed by atoms with Crippen molar-refractivity contribution in [2.24, 2.45) is 0 Å². The van der Waals surface area contributed by atoms with Crippen LogP contribution in [0.3, 0.4) is 0 Å². The molecule has 1 aliphatic heterocycles. The van der Waals surface area contributed by atoms with Crippen LogP contribution in [0.5, 0.6) is 5.75 Å². The standard InChI is InChI=1S/C13H18O3/c1-10-9-13(14,7-8-16-10)11-5-3-4-6-12(11)15-2/h3-6,10,14H,7-9H2,1-2H3. The fraction of sp³-hybridized carbons (Fsp3) is 0.538. The Kier molecular flexibility index (Phi) is 3.17. The van der Waals surface area contributed by atoms with Crippen LogP contribution in [0.4, 0.5) is 0 Å². The van der Waals surface area contributed by atoms with Gasteiger partial charge in [-0.25, -0.2) is 0 Å². The highest BCUT2D eigenvalue weighted by Crippen LogP contribution is 2.38. The fourth-order valence-corrected chi connectivity index (χ4v) is 2.34. The van der Waals surface area contributed by atoms with Gasteiger partial charge in [-0.3, -0.25) is 0 Å². The van der Waals surface area contributed by atoms with Gasteiger partial charge >= 0.3 is 0 Å². The van der Waals surface area contributed by atoms with Crippen LogP contribution in [-0.4, -0.2) is 24.9 Å². The molecule has 0 radical (unpaired) electrons. The third-order valence-corrected chi connectivity index (χ3v) is 3.15. The van der Waals surface area contributed by atoms with E-state index in [4.69, 9.17) is 9.47 Å². The number of hydrogen-bond donors (Lipinski definition) is 1. The lowest BCUT2D eigenvalue weighted by molar-refractivity contribution is -0.102. The van der Waals surface area contributed by atoms with Crippen LogP contribution in [0, 0.1) is 0 Å². The first kappa shape index (κ1) is 11.4. The van der Waals surface area contributed by atoms with Crippen molar-refractivity contribution in [2.45, 2.75) is 31.5 Å². The number of benzene rings is 1. The summed E-state index contributed by atoms with van der Waals surface area (Å²) in [6.07, 6.45) is 1.33. The molecule has 1 aromatic carbocycles. The van der Waals surface area contributed by atoms with Gasteiger partial charge in [-0.15, -0.1) is 0 Å². The number of para-hydroxylation sites is 1. The van der Waals surface area contributed by atoms with E-state index in [1.54, 1.807) is 7.11 Å². The van der Waals surface area contributed by atoms with E-state index in [9.17, 15) is 5.11 Å². The second-order valence-corrected chi connectivity index (χ2v) is 4.37. The molecule has 1 aromatic rings. The molecule has 0 amide bonds. The third kappa shape index (κ3) is 2.06. The van der Waals surface area contributed by atoms with Gasteiger partial charge in [0.15, 0.2) is 0 Å². The molecule has 1 saturated heterocycles. The highest BCUT2D eigenvalue weighted by molar-refractivity contribution is 5.38. The van der Waals surface area contributed by atoms with Gasteiger partial charge in [0.05, 0.1) is 25.4 Å². The molecule has 16 heavy (non-hydrogen) atoms. The summed E-state index contributed by atoms with van der Waals surface area (Å²) in [6, 6.07) is 7.65. The minimum Gasteiger partial charge on any atom is -0.496 e. The maximum Gasteiger partial charge on any atom is 0.124 e. The van der Waals surface area contributed by atoms with Crippen molar-refractivity contribution < 1.29 is 14.6 Å². The molecule has 88 valence electrons. The molecule has 2 rings (SSSR count). The van der Waals surface area contributed by atoms with Crippen molar-refractivity contribution in [3.05, 3.63) is 29.8 Å². The minimum absolute atomic E-state index is 0.0867. The van der Waals surface area contributed by atoms with Crippen molar-refractivity contribution in [1.29, 1.82) is 0 Å². The molecule has 0 saturated carbocycles. The Morgan fingerprint density at radius 3 is 2.88 bits per heavy atom. The monoisotopic (exact) mass is 222 g/mol. The van der Waals surface area contributed by atoms with E-state index < -0.39 is 5.60 Å². The average Bonchev–Trinajstić information content (AvgIpc) is 2.29. The maximum atomic E-state index is 10.7. The van der Waals surface area contributed by atoms with Crippen molar-refractivity contribution in [3.63, 3.8) is 0 Å². The van der Waals surface area contributed by atoms with E-state index in [2.05, 4.69) is 0 Å². The second-order valence-electron chi connectivity index (χ2n) is 4.37. The second kappa shape index (κ2) is 4.44. The predicted octanol–water partition coefficient (Wildman–Crippen LogP) is 2.08. The summed E-state index contributed by atoms with van der Waals surface area (Å²) in [5, 5.41) is 10.7. The number of aliphatic hydroxyl groups is 1. The number of rotatable bonds is 2. The zero-order chi connectivity index (χ0) is 11.6. The van der Waals surface area contributed by atoms with Gasteiger partial charge in [0.2, 0.25) is 0 Å². The van der Waals surface area contributed by atoms with Crippen molar-refractivity contribution in [2.75, 3.05) is 13.7 Å². The van der Waals surface area contributed by atoms with E-state index in [0.717, 1.165) is 11.3 Å². The van der Waals surface area contributed by atoms with Crippen LogP contribution in [0.1, 0.15) is 25.3 Å². The van der Waals surface area contributed by atoms with E-state index in [0.29, 0.717) is 19.4 Å². The third-order valence-electron chi connectivity index (χ3n) is 3.15. The number of hydrogen-bond acceptors (Lipinski definition) is 3. The molecule has 0 spiro atoms. The van der Waals surface area contributed by atoms with Crippen LogP contribution >= 0.6 is 0 Å². The molecule has 1 N–H and O–H groups in total. The molecule has 1 heterocycles. The summed E-state index contributed by atoms with van der Waals surface area (Å²) in [5.41, 5.74) is 0.0530. The SMILES string of the molecule is COc1ccccc1C1(O)CCOC(C)C1. The molecule has 0 aliphatic carbocycles. The molecular weight excluding hydrogens is 204 g/mol. The van der Waals surface area contributed by atoms with Crippen LogP contribution in [-0.2, 0) is 10.3 Å². The molecule has 0 bridgehead atoms. The first-order valence-electron chi connectivity index (χ1n) is 5.63. The Hall–Kier alpha value is -1.06. The van der Waals surface area contributed by atoms with Gasteiger partial charge in [-0.2, -0.15) is 0 Å². The smallest absolute Gasteiger partial charge is 0.124 e. The molecule has 0 aromatic heterocycles. The molecule has 3 nitrogen and oxygen atoms in total. The summed E-state index contributed by atoms with van der Waals surface area (Å²) in [4.78, 5) is 0. The Labute approximate surface area is 96.0 Å². The lowest BCUT2D eigenvalue weighted by Crippen LogP contribution is -2.37. The zero-order valence-electron chi connectivity index (χ0n) is 9.77. The molecule has 1 aliphatic rings. The fourth-order valence-electron chi connectivity index (χ4n) is 2.34. The Morgan fingerprint density at radius 1 is 1.44 bits per heavy atom.